The van der Waals surface area contributed by atoms with Gasteiger partial charge in [0.2, 0.25) is 0 Å². The van der Waals surface area contributed by atoms with Gasteiger partial charge >= 0.3 is 0 Å². The molecule has 1 aromatic rings. The summed E-state index contributed by atoms with van der Waals surface area (Å²) >= 11 is 1.67. The molecule has 1 saturated heterocycles. The molecule has 2 N–H and O–H groups in total. The molecule has 0 amide bonds. The largest absolute Gasteiger partial charge is 0.371 e. The zero-order valence-corrected chi connectivity index (χ0v) is 7.80. The Bertz CT molecular complexity index is 274. The molecule has 4 heteroatoms. The Kier molecular flexibility index (Phi) is 2.12. The van der Waals surface area contributed by atoms with Gasteiger partial charge in [-0.15, -0.1) is 11.3 Å². The van der Waals surface area contributed by atoms with Crippen LogP contribution in [0.25, 0.3) is 0 Å². The third kappa shape index (κ3) is 1.37. The average Bonchev–Trinajstić information content (AvgIpc) is 2.58. The lowest BCUT2D eigenvalue weighted by Gasteiger charge is -2.10. The molecule has 1 aliphatic heterocycles. The summed E-state index contributed by atoms with van der Waals surface area (Å²) in [5.74, 6) is 0. The van der Waals surface area contributed by atoms with Crippen molar-refractivity contribution < 1.29 is 4.74 Å². The van der Waals surface area contributed by atoms with Gasteiger partial charge in [0.1, 0.15) is 6.10 Å². The van der Waals surface area contributed by atoms with E-state index in [2.05, 4.69) is 4.98 Å². The van der Waals surface area contributed by atoms with Gasteiger partial charge in [-0.25, -0.2) is 4.98 Å². The molecule has 3 nitrogen and oxygen atoms in total. The highest BCUT2D eigenvalue weighted by Crippen LogP contribution is 2.31. The molecule has 12 heavy (non-hydrogen) atoms. The summed E-state index contributed by atoms with van der Waals surface area (Å²) in [6.07, 6.45) is 2.92. The van der Waals surface area contributed by atoms with E-state index in [-0.39, 0.29) is 12.1 Å². The number of hydrogen-bond donors (Lipinski definition) is 1. The standard InChI is InChI=1S/C8H12N2OS/c1-5-10-4-7(12-5)8-6(9)2-3-11-8/h4,6,8H,2-3,9H2,1H3. The first-order chi connectivity index (χ1) is 5.77. The van der Waals surface area contributed by atoms with Crippen LogP contribution in [-0.2, 0) is 4.74 Å². The fraction of sp³-hybridized carbons (Fsp3) is 0.625. The van der Waals surface area contributed by atoms with Crippen molar-refractivity contribution in [1.82, 2.24) is 4.98 Å². The van der Waals surface area contributed by atoms with E-state index in [1.54, 1.807) is 11.3 Å². The molecule has 1 fully saturated rings. The Morgan fingerprint density at radius 1 is 1.75 bits per heavy atom. The Morgan fingerprint density at radius 2 is 2.58 bits per heavy atom. The van der Waals surface area contributed by atoms with Gasteiger partial charge in [-0.2, -0.15) is 0 Å². The maximum Gasteiger partial charge on any atom is 0.108 e. The normalized spacial score (nSPS) is 29.5. The highest BCUT2D eigenvalue weighted by molar-refractivity contribution is 7.11. The summed E-state index contributed by atoms with van der Waals surface area (Å²) in [5.41, 5.74) is 5.87. The molecular formula is C8H12N2OS. The second-order valence-corrected chi connectivity index (χ2v) is 4.29. The van der Waals surface area contributed by atoms with Crippen LogP contribution in [0.2, 0.25) is 0 Å². The van der Waals surface area contributed by atoms with Crippen molar-refractivity contribution in [3.8, 4) is 0 Å². The Balaban J connectivity index is 2.19. The Hall–Kier alpha value is -0.450. The van der Waals surface area contributed by atoms with Gasteiger partial charge < -0.3 is 10.5 Å². The van der Waals surface area contributed by atoms with Gasteiger partial charge in [-0.3, -0.25) is 0 Å². The van der Waals surface area contributed by atoms with E-state index >= 15 is 0 Å². The summed E-state index contributed by atoms with van der Waals surface area (Å²) in [6.45, 7) is 2.78. The minimum atomic E-state index is 0.0937. The number of aromatic nitrogens is 1. The smallest absolute Gasteiger partial charge is 0.108 e. The minimum absolute atomic E-state index is 0.0937. The van der Waals surface area contributed by atoms with Gasteiger partial charge in [-0.05, 0) is 13.3 Å². The van der Waals surface area contributed by atoms with Crippen LogP contribution in [-0.4, -0.2) is 17.6 Å². The minimum Gasteiger partial charge on any atom is -0.371 e. The quantitative estimate of drug-likeness (QED) is 0.714. The summed E-state index contributed by atoms with van der Waals surface area (Å²) in [5, 5.41) is 1.08. The van der Waals surface area contributed by atoms with Crippen LogP contribution < -0.4 is 5.73 Å². The summed E-state index contributed by atoms with van der Waals surface area (Å²) in [7, 11) is 0. The maximum absolute atomic E-state index is 5.87. The maximum atomic E-state index is 5.87. The van der Waals surface area contributed by atoms with Crippen LogP contribution in [0.5, 0.6) is 0 Å². The lowest BCUT2D eigenvalue weighted by molar-refractivity contribution is 0.107. The number of aryl methyl sites for hydroxylation is 1. The molecule has 0 saturated carbocycles. The van der Waals surface area contributed by atoms with Crippen molar-refractivity contribution >= 4 is 11.3 Å². The number of ether oxygens (including phenoxy) is 1. The predicted molar refractivity (Wildman–Crippen MR) is 48.1 cm³/mol. The van der Waals surface area contributed by atoms with Gasteiger partial charge in [-0.1, -0.05) is 0 Å². The second-order valence-electron chi connectivity index (χ2n) is 3.03. The fourth-order valence-electron chi connectivity index (χ4n) is 1.41. The first-order valence-electron chi connectivity index (χ1n) is 4.07. The third-order valence-corrected chi connectivity index (χ3v) is 3.03. The van der Waals surface area contributed by atoms with E-state index in [4.69, 9.17) is 10.5 Å². The SMILES string of the molecule is Cc1ncc(C2OCCC2N)s1. The molecule has 2 heterocycles. The zero-order chi connectivity index (χ0) is 8.55. The van der Waals surface area contributed by atoms with Crippen LogP contribution in [0.1, 0.15) is 22.4 Å². The van der Waals surface area contributed by atoms with Gasteiger partial charge in [0.25, 0.3) is 0 Å². The molecule has 2 atom stereocenters. The van der Waals surface area contributed by atoms with E-state index in [9.17, 15) is 0 Å². The molecule has 66 valence electrons. The number of nitrogens with zero attached hydrogens (tertiary/aromatic N) is 1. The van der Waals surface area contributed by atoms with E-state index in [0.29, 0.717) is 0 Å². The van der Waals surface area contributed by atoms with E-state index in [0.717, 1.165) is 22.9 Å². The summed E-state index contributed by atoms with van der Waals surface area (Å²) in [6, 6.07) is 0.157. The van der Waals surface area contributed by atoms with Crippen LogP contribution in [0, 0.1) is 6.92 Å². The van der Waals surface area contributed by atoms with E-state index in [1.165, 1.54) is 0 Å². The molecule has 0 aliphatic carbocycles. The lowest BCUT2D eigenvalue weighted by Crippen LogP contribution is -2.22. The zero-order valence-electron chi connectivity index (χ0n) is 6.99. The number of hydrogen-bond acceptors (Lipinski definition) is 4. The van der Waals surface area contributed by atoms with Crippen LogP contribution in [0.4, 0.5) is 0 Å². The molecule has 0 spiro atoms. The molecule has 2 rings (SSSR count). The van der Waals surface area contributed by atoms with E-state index in [1.807, 2.05) is 13.1 Å². The molecule has 2 unspecified atom stereocenters. The van der Waals surface area contributed by atoms with Crippen molar-refractivity contribution in [2.75, 3.05) is 6.61 Å². The summed E-state index contributed by atoms with van der Waals surface area (Å²) < 4.78 is 5.51. The van der Waals surface area contributed by atoms with Crippen LogP contribution >= 0.6 is 11.3 Å². The van der Waals surface area contributed by atoms with Crippen LogP contribution in [0.3, 0.4) is 0 Å². The van der Waals surface area contributed by atoms with Gasteiger partial charge in [0, 0.05) is 18.8 Å². The van der Waals surface area contributed by atoms with Crippen molar-refractivity contribution in [3.05, 3.63) is 16.1 Å². The Labute approximate surface area is 75.6 Å². The predicted octanol–water partition coefficient (Wildman–Crippen LogP) is 1.24. The van der Waals surface area contributed by atoms with Gasteiger partial charge in [0.05, 0.1) is 9.88 Å². The van der Waals surface area contributed by atoms with Gasteiger partial charge in [0.15, 0.2) is 0 Å². The van der Waals surface area contributed by atoms with E-state index < -0.39 is 0 Å². The molecule has 1 aromatic heterocycles. The average molecular weight is 184 g/mol. The first-order valence-corrected chi connectivity index (χ1v) is 4.88. The van der Waals surface area contributed by atoms with Crippen molar-refractivity contribution in [3.63, 3.8) is 0 Å². The van der Waals surface area contributed by atoms with Crippen molar-refractivity contribution in [2.24, 2.45) is 5.73 Å². The number of thiazole rings is 1. The highest BCUT2D eigenvalue weighted by Gasteiger charge is 2.27. The topological polar surface area (TPSA) is 48.1 Å². The fourth-order valence-corrected chi connectivity index (χ4v) is 2.32. The lowest BCUT2D eigenvalue weighted by atomic mass is 10.1. The highest BCUT2D eigenvalue weighted by atomic mass is 32.1. The van der Waals surface area contributed by atoms with Crippen LogP contribution in [0.15, 0.2) is 6.20 Å². The van der Waals surface area contributed by atoms with Crippen molar-refractivity contribution in [1.29, 1.82) is 0 Å². The molecule has 0 aromatic carbocycles. The summed E-state index contributed by atoms with van der Waals surface area (Å²) in [4.78, 5) is 5.34. The molecule has 0 bridgehead atoms. The third-order valence-electron chi connectivity index (χ3n) is 2.06. The molecule has 1 aliphatic rings. The number of nitrogens with two attached hydrogens (primary N) is 1. The monoisotopic (exact) mass is 184 g/mol. The number of rotatable bonds is 1. The Morgan fingerprint density at radius 3 is 3.08 bits per heavy atom. The first kappa shape index (κ1) is 8.16. The molecular weight excluding hydrogens is 172 g/mol. The second kappa shape index (κ2) is 3.12. The molecule has 0 radical (unpaired) electrons. The van der Waals surface area contributed by atoms with Crippen molar-refractivity contribution in [2.45, 2.75) is 25.5 Å².